The number of aliphatic hydroxyl groups is 1. The lowest BCUT2D eigenvalue weighted by Gasteiger charge is -2.44. The molecule has 1 fully saturated rings. The first-order chi connectivity index (χ1) is 19.1. The van der Waals surface area contributed by atoms with Gasteiger partial charge in [-0.1, -0.05) is 48.5 Å². The second-order valence-corrected chi connectivity index (χ2v) is 12.4. The number of hydrogen-bond acceptors (Lipinski definition) is 4. The molecule has 1 heterocycles. The summed E-state index contributed by atoms with van der Waals surface area (Å²) >= 11 is 0. The Morgan fingerprint density at radius 1 is 0.878 bits per heavy atom. The first-order valence-corrected chi connectivity index (χ1v) is 14.0. The highest BCUT2D eigenvalue weighted by Gasteiger charge is 2.73. The third-order valence-corrected chi connectivity index (χ3v) is 10.7. The van der Waals surface area contributed by atoms with Crippen molar-refractivity contribution in [2.45, 2.75) is 59.2 Å². The molecule has 0 amide bonds. The van der Waals surface area contributed by atoms with Gasteiger partial charge in [0, 0.05) is 18.2 Å². The highest BCUT2D eigenvalue weighted by atomic mass is 32.2. The summed E-state index contributed by atoms with van der Waals surface area (Å²) in [5.41, 5.74) is -7.21. The number of halogens is 8. The smallest absolute Gasteiger partial charge is 0.374 e. The Kier molecular flexibility index (Phi) is 7.02. The Bertz CT molecular complexity index is 1530. The van der Waals surface area contributed by atoms with E-state index < -0.39 is 56.3 Å². The van der Waals surface area contributed by atoms with E-state index in [0.29, 0.717) is 17.7 Å². The van der Waals surface area contributed by atoms with E-state index >= 15 is 0 Å². The van der Waals surface area contributed by atoms with Crippen LogP contribution in [0.1, 0.15) is 41.3 Å². The van der Waals surface area contributed by atoms with Gasteiger partial charge in [-0.25, -0.2) is 17.2 Å². The van der Waals surface area contributed by atoms with Crippen LogP contribution in [-0.2, 0) is 26.7 Å². The fourth-order valence-electron chi connectivity index (χ4n) is 6.20. The lowest BCUT2D eigenvalue weighted by molar-refractivity contribution is -0.348. The second-order valence-electron chi connectivity index (χ2n) is 10.2. The van der Waals surface area contributed by atoms with Crippen LogP contribution in [0.2, 0.25) is 0 Å². The molecular formula is C28H23F8NO3S. The molecule has 0 saturated carbocycles. The summed E-state index contributed by atoms with van der Waals surface area (Å²) < 4.78 is 136. The molecule has 1 aliphatic carbocycles. The number of sulfone groups is 1. The third-order valence-electron chi connectivity index (χ3n) is 8.12. The van der Waals surface area contributed by atoms with Crippen LogP contribution >= 0.6 is 0 Å². The van der Waals surface area contributed by atoms with Crippen LogP contribution in [0.3, 0.4) is 0 Å². The molecule has 5 rings (SSSR count). The monoisotopic (exact) mass is 605 g/mol. The summed E-state index contributed by atoms with van der Waals surface area (Å²) in [6.07, 6.45) is -14.4. The van der Waals surface area contributed by atoms with Gasteiger partial charge in [-0.3, -0.25) is 4.90 Å². The predicted octanol–water partition coefficient (Wildman–Crippen LogP) is 6.50. The van der Waals surface area contributed by atoms with Gasteiger partial charge >= 0.3 is 18.0 Å². The van der Waals surface area contributed by atoms with Gasteiger partial charge in [0.25, 0.3) is 0 Å². The average Bonchev–Trinajstić information content (AvgIpc) is 3.33. The maximum Gasteiger partial charge on any atom is 0.435 e. The van der Waals surface area contributed by atoms with E-state index in [2.05, 4.69) is 0 Å². The minimum atomic E-state index is -6.33. The number of nitrogens with zero attached hydrogens (tertiary/aromatic N) is 1. The SMILES string of the molecule is O=S(=O)(c1ccc(F)cc1)[C@@]12CCN(C(O)c3ccccc3)[C@@H]1CCc1cc(C(F)(C(F)(F)F)C(F)(F)F)ccc12. The number of benzene rings is 3. The molecule has 1 N–H and O–H groups in total. The van der Waals surface area contributed by atoms with Crippen molar-refractivity contribution in [3.05, 3.63) is 101 Å². The summed E-state index contributed by atoms with van der Waals surface area (Å²) in [6.45, 7) is 0.000491. The van der Waals surface area contributed by atoms with Crippen molar-refractivity contribution < 1.29 is 48.6 Å². The largest absolute Gasteiger partial charge is 0.435 e. The zero-order valence-corrected chi connectivity index (χ0v) is 21.9. The van der Waals surface area contributed by atoms with Gasteiger partial charge < -0.3 is 5.11 Å². The average molecular weight is 606 g/mol. The predicted molar refractivity (Wildman–Crippen MR) is 131 cm³/mol. The zero-order chi connectivity index (χ0) is 30.0. The number of fused-ring (bicyclic) bond motifs is 3. The van der Waals surface area contributed by atoms with Gasteiger partial charge in [0.15, 0.2) is 9.84 Å². The van der Waals surface area contributed by atoms with E-state index in [-0.39, 0.29) is 41.8 Å². The molecule has 1 saturated heterocycles. The van der Waals surface area contributed by atoms with Gasteiger partial charge in [-0.15, -0.1) is 0 Å². The molecule has 13 heteroatoms. The third kappa shape index (κ3) is 4.35. The number of hydrogen-bond donors (Lipinski definition) is 1. The van der Waals surface area contributed by atoms with Crippen molar-refractivity contribution in [2.24, 2.45) is 0 Å². The van der Waals surface area contributed by atoms with Crippen molar-refractivity contribution in [3.63, 3.8) is 0 Å². The van der Waals surface area contributed by atoms with Gasteiger partial charge in [0.2, 0.25) is 0 Å². The molecule has 0 bridgehead atoms. The number of alkyl halides is 7. The molecule has 2 aliphatic rings. The molecule has 220 valence electrons. The maximum atomic E-state index is 14.9. The summed E-state index contributed by atoms with van der Waals surface area (Å²) in [4.78, 5) is 1.21. The van der Waals surface area contributed by atoms with E-state index in [9.17, 15) is 48.6 Å². The second kappa shape index (κ2) is 9.77. The fraction of sp³-hybridized carbons (Fsp3) is 0.357. The molecule has 41 heavy (non-hydrogen) atoms. The first-order valence-electron chi connectivity index (χ1n) is 12.5. The van der Waals surface area contributed by atoms with Gasteiger partial charge in [0.05, 0.1) is 4.90 Å². The minimum Gasteiger partial charge on any atom is -0.374 e. The van der Waals surface area contributed by atoms with Crippen LogP contribution in [0.5, 0.6) is 0 Å². The van der Waals surface area contributed by atoms with E-state index in [1.165, 1.54) is 4.90 Å². The fourth-order valence-corrected chi connectivity index (χ4v) is 8.57. The van der Waals surface area contributed by atoms with Gasteiger partial charge in [-0.2, -0.15) is 26.3 Å². The molecule has 0 spiro atoms. The van der Waals surface area contributed by atoms with Crippen LogP contribution in [0.25, 0.3) is 0 Å². The quantitative estimate of drug-likeness (QED) is 0.267. The van der Waals surface area contributed by atoms with E-state index in [0.717, 1.165) is 30.3 Å². The standard InChI is InChI=1S/C28H23F8NO3S/c29-20-8-10-21(11-9-20)41(39,40)25-14-15-37(24(38)17-4-2-1-3-5-17)23(25)13-6-18-16-19(7-12-22(18)25)26(30,27(31,32)33)28(34,35)36/h1-5,7-12,16,23-24,38H,6,13-15H2/t23-,24?,25-/m1/s1. The van der Waals surface area contributed by atoms with Crippen LogP contribution in [0.15, 0.2) is 77.7 Å². The molecule has 1 aliphatic heterocycles. The lowest BCUT2D eigenvalue weighted by atomic mass is 9.76. The van der Waals surface area contributed by atoms with Crippen LogP contribution in [-0.4, -0.2) is 43.4 Å². The van der Waals surface area contributed by atoms with E-state index in [1.807, 2.05) is 0 Å². The zero-order valence-electron chi connectivity index (χ0n) is 21.1. The van der Waals surface area contributed by atoms with Crippen molar-refractivity contribution in [1.82, 2.24) is 4.90 Å². The molecule has 1 unspecified atom stereocenters. The number of aryl methyl sites for hydroxylation is 1. The highest BCUT2D eigenvalue weighted by Crippen LogP contribution is 2.57. The van der Waals surface area contributed by atoms with Crippen molar-refractivity contribution >= 4 is 9.84 Å². The summed E-state index contributed by atoms with van der Waals surface area (Å²) in [6, 6.07) is 12.8. The molecule has 4 nitrogen and oxygen atoms in total. The Balaban J connectivity index is 1.71. The molecule has 3 atom stereocenters. The summed E-state index contributed by atoms with van der Waals surface area (Å²) in [7, 11) is -4.50. The normalized spacial score (nSPS) is 22.7. The van der Waals surface area contributed by atoms with Crippen molar-refractivity contribution in [1.29, 1.82) is 0 Å². The maximum absolute atomic E-state index is 14.9. The summed E-state index contributed by atoms with van der Waals surface area (Å²) in [5, 5.41) is 11.2. The van der Waals surface area contributed by atoms with E-state index in [1.54, 1.807) is 30.3 Å². The molecule has 0 aromatic heterocycles. The Morgan fingerprint density at radius 3 is 2.07 bits per heavy atom. The summed E-state index contributed by atoms with van der Waals surface area (Å²) in [5.74, 6) is -0.724. The van der Waals surface area contributed by atoms with Gasteiger partial charge in [0.1, 0.15) is 16.8 Å². The van der Waals surface area contributed by atoms with Crippen LogP contribution < -0.4 is 0 Å². The highest BCUT2D eigenvalue weighted by molar-refractivity contribution is 7.92. The molecular weight excluding hydrogens is 582 g/mol. The van der Waals surface area contributed by atoms with Crippen LogP contribution in [0.4, 0.5) is 35.1 Å². The number of aliphatic hydroxyl groups excluding tert-OH is 1. The number of likely N-dealkylation sites (tertiary alicyclic amines) is 1. The molecule has 3 aromatic carbocycles. The Labute approximate surface area is 230 Å². The first kappa shape index (κ1) is 29.5. The topological polar surface area (TPSA) is 57.6 Å². The van der Waals surface area contributed by atoms with Crippen molar-refractivity contribution in [3.8, 4) is 0 Å². The van der Waals surface area contributed by atoms with E-state index in [4.69, 9.17) is 0 Å². The van der Waals surface area contributed by atoms with Crippen LogP contribution in [0, 0.1) is 5.82 Å². The Hall–Kier alpha value is -3.03. The van der Waals surface area contributed by atoms with Crippen molar-refractivity contribution in [2.75, 3.05) is 6.54 Å². The molecule has 3 aromatic rings. The van der Waals surface area contributed by atoms with Gasteiger partial charge in [-0.05, 0) is 60.2 Å². The molecule has 0 radical (unpaired) electrons. The number of rotatable bonds is 5. The minimum absolute atomic E-state index is 0.000491. The lowest BCUT2D eigenvalue weighted by Crippen LogP contribution is -2.52. The Morgan fingerprint density at radius 2 is 1.49 bits per heavy atom.